The summed E-state index contributed by atoms with van der Waals surface area (Å²) in [5, 5.41) is 0. The first-order valence-electron chi connectivity index (χ1n) is 4.96. The highest BCUT2D eigenvalue weighted by molar-refractivity contribution is 7.71. The van der Waals surface area contributed by atoms with Crippen molar-refractivity contribution in [1.29, 1.82) is 0 Å². The zero-order valence-corrected chi connectivity index (χ0v) is 8.84. The molecule has 1 aliphatic rings. The molecular weight excluding hydrogens is 192 g/mol. The average Bonchev–Trinajstić information content (AvgIpc) is 2.78. The van der Waals surface area contributed by atoms with Crippen molar-refractivity contribution in [3.63, 3.8) is 0 Å². The van der Waals surface area contributed by atoms with E-state index in [0.717, 1.165) is 16.2 Å². The summed E-state index contributed by atoms with van der Waals surface area (Å²) in [6.45, 7) is 2.27. The van der Waals surface area contributed by atoms with Crippen LogP contribution in [0.2, 0.25) is 0 Å². The van der Waals surface area contributed by atoms with Gasteiger partial charge in [0.15, 0.2) is 4.77 Å². The van der Waals surface area contributed by atoms with E-state index in [1.165, 1.54) is 11.9 Å². The van der Waals surface area contributed by atoms with Gasteiger partial charge in [0.25, 0.3) is 0 Å². The second kappa shape index (κ2) is 2.70. The van der Waals surface area contributed by atoms with Gasteiger partial charge >= 0.3 is 0 Å². The molecule has 1 N–H and O–H groups in total. The zero-order chi connectivity index (χ0) is 9.71. The molecule has 0 amide bonds. The number of fused-ring (bicyclic) bond motifs is 1. The van der Waals surface area contributed by atoms with Crippen LogP contribution in [0.4, 0.5) is 0 Å². The smallest absolute Gasteiger partial charge is 0.178 e. The van der Waals surface area contributed by atoms with E-state index in [-0.39, 0.29) is 0 Å². The number of rotatable bonds is 1. The number of para-hydroxylation sites is 2. The molecule has 1 aromatic carbocycles. The molecule has 2 atom stereocenters. The van der Waals surface area contributed by atoms with Crippen LogP contribution in [0.3, 0.4) is 0 Å². The number of hydrogen-bond acceptors (Lipinski definition) is 1. The minimum Gasteiger partial charge on any atom is -0.331 e. The van der Waals surface area contributed by atoms with E-state index < -0.39 is 0 Å². The molecule has 0 bridgehead atoms. The minimum atomic E-state index is 0.624. The number of nitrogens with zero attached hydrogens (tertiary/aromatic N) is 1. The third-order valence-electron chi connectivity index (χ3n) is 3.02. The van der Waals surface area contributed by atoms with Crippen molar-refractivity contribution in [2.24, 2.45) is 5.92 Å². The van der Waals surface area contributed by atoms with Gasteiger partial charge < -0.3 is 9.55 Å². The quantitative estimate of drug-likeness (QED) is 0.707. The molecule has 1 aromatic heterocycles. The molecule has 1 saturated carbocycles. The monoisotopic (exact) mass is 204 g/mol. The standard InChI is InChI=1S/C11H12N2S/c1-7-6-10(7)13-9-5-3-2-4-8(9)12-11(13)14/h2-5,7,10H,6H2,1H3,(H,12,14). The summed E-state index contributed by atoms with van der Waals surface area (Å²) in [7, 11) is 0. The van der Waals surface area contributed by atoms with E-state index in [0.29, 0.717) is 6.04 Å². The summed E-state index contributed by atoms with van der Waals surface area (Å²) < 4.78 is 3.12. The zero-order valence-electron chi connectivity index (χ0n) is 8.03. The lowest BCUT2D eigenvalue weighted by atomic mass is 10.3. The van der Waals surface area contributed by atoms with Gasteiger partial charge in [0.05, 0.1) is 11.0 Å². The van der Waals surface area contributed by atoms with Gasteiger partial charge in [-0.15, -0.1) is 0 Å². The molecule has 2 unspecified atom stereocenters. The number of aromatic nitrogens is 2. The summed E-state index contributed by atoms with van der Waals surface area (Å²) >= 11 is 5.33. The molecule has 0 saturated heterocycles. The van der Waals surface area contributed by atoms with Crippen LogP contribution in [0, 0.1) is 10.7 Å². The third kappa shape index (κ3) is 1.05. The Balaban J connectivity index is 2.31. The van der Waals surface area contributed by atoms with Crippen molar-refractivity contribution in [3.05, 3.63) is 29.0 Å². The summed E-state index contributed by atoms with van der Waals surface area (Å²) in [4.78, 5) is 3.25. The van der Waals surface area contributed by atoms with Crippen LogP contribution in [0.1, 0.15) is 19.4 Å². The first kappa shape index (κ1) is 8.24. The van der Waals surface area contributed by atoms with Crippen molar-refractivity contribution in [3.8, 4) is 0 Å². The largest absolute Gasteiger partial charge is 0.331 e. The second-order valence-corrected chi connectivity index (χ2v) is 4.48. The summed E-state index contributed by atoms with van der Waals surface area (Å²) in [5.41, 5.74) is 2.39. The fourth-order valence-electron chi connectivity index (χ4n) is 2.07. The number of benzene rings is 1. The number of hydrogen-bond donors (Lipinski definition) is 1. The molecule has 2 aromatic rings. The Hall–Kier alpha value is -1.09. The van der Waals surface area contributed by atoms with E-state index in [1.54, 1.807) is 0 Å². The SMILES string of the molecule is CC1CC1n1c(=S)[nH]c2ccccc21. The van der Waals surface area contributed by atoms with Crippen LogP contribution in [0.25, 0.3) is 11.0 Å². The normalized spacial score (nSPS) is 25.5. The van der Waals surface area contributed by atoms with Gasteiger partial charge in [0.2, 0.25) is 0 Å². The van der Waals surface area contributed by atoms with E-state index in [1.807, 2.05) is 6.07 Å². The molecular formula is C11H12N2S. The predicted molar refractivity (Wildman–Crippen MR) is 59.9 cm³/mol. The van der Waals surface area contributed by atoms with Crippen LogP contribution in [0.5, 0.6) is 0 Å². The molecule has 3 heteroatoms. The Kier molecular flexibility index (Phi) is 1.59. The van der Waals surface area contributed by atoms with Crippen molar-refractivity contribution < 1.29 is 0 Å². The summed E-state index contributed by atoms with van der Waals surface area (Å²) in [6, 6.07) is 8.93. The van der Waals surface area contributed by atoms with E-state index in [9.17, 15) is 0 Å². The summed E-state index contributed by atoms with van der Waals surface area (Å²) in [5.74, 6) is 0.779. The van der Waals surface area contributed by atoms with E-state index in [2.05, 4.69) is 34.7 Å². The van der Waals surface area contributed by atoms with E-state index in [4.69, 9.17) is 12.2 Å². The molecule has 0 spiro atoms. The van der Waals surface area contributed by atoms with Crippen molar-refractivity contribution in [2.75, 3.05) is 0 Å². The molecule has 0 aliphatic heterocycles. The lowest BCUT2D eigenvalue weighted by Crippen LogP contribution is -1.94. The summed E-state index contributed by atoms with van der Waals surface area (Å²) in [6.07, 6.45) is 1.26. The van der Waals surface area contributed by atoms with Gasteiger partial charge in [-0.3, -0.25) is 0 Å². The fourth-order valence-corrected chi connectivity index (χ4v) is 2.41. The van der Waals surface area contributed by atoms with Crippen molar-refractivity contribution >= 4 is 23.3 Å². The maximum absolute atomic E-state index is 5.33. The van der Waals surface area contributed by atoms with Crippen LogP contribution in [-0.4, -0.2) is 9.55 Å². The highest BCUT2D eigenvalue weighted by Crippen LogP contribution is 2.44. The molecule has 72 valence electrons. The molecule has 2 nitrogen and oxygen atoms in total. The van der Waals surface area contributed by atoms with Crippen molar-refractivity contribution in [1.82, 2.24) is 9.55 Å². The topological polar surface area (TPSA) is 20.7 Å². The Labute approximate surface area is 87.6 Å². The lowest BCUT2D eigenvalue weighted by Gasteiger charge is -2.00. The van der Waals surface area contributed by atoms with Crippen molar-refractivity contribution in [2.45, 2.75) is 19.4 Å². The maximum Gasteiger partial charge on any atom is 0.178 e. The van der Waals surface area contributed by atoms with Gasteiger partial charge in [0, 0.05) is 6.04 Å². The van der Waals surface area contributed by atoms with Crippen LogP contribution in [-0.2, 0) is 0 Å². The average molecular weight is 204 g/mol. The van der Waals surface area contributed by atoms with Gasteiger partial charge in [-0.05, 0) is 36.7 Å². The molecule has 1 heterocycles. The van der Waals surface area contributed by atoms with Gasteiger partial charge in [-0.1, -0.05) is 19.1 Å². The fraction of sp³-hybridized carbons (Fsp3) is 0.364. The molecule has 14 heavy (non-hydrogen) atoms. The maximum atomic E-state index is 5.33. The Morgan fingerprint density at radius 3 is 2.86 bits per heavy atom. The molecule has 1 fully saturated rings. The van der Waals surface area contributed by atoms with Gasteiger partial charge in [-0.2, -0.15) is 0 Å². The number of nitrogens with one attached hydrogen (secondary N) is 1. The Morgan fingerprint density at radius 2 is 2.14 bits per heavy atom. The highest BCUT2D eigenvalue weighted by atomic mass is 32.1. The first-order chi connectivity index (χ1) is 6.77. The van der Waals surface area contributed by atoms with Crippen LogP contribution in [0.15, 0.2) is 24.3 Å². The predicted octanol–water partition coefficient (Wildman–Crippen LogP) is 3.28. The minimum absolute atomic E-state index is 0.624. The van der Waals surface area contributed by atoms with Crippen LogP contribution < -0.4 is 0 Å². The first-order valence-corrected chi connectivity index (χ1v) is 5.37. The van der Waals surface area contributed by atoms with Gasteiger partial charge in [-0.25, -0.2) is 0 Å². The molecule has 1 aliphatic carbocycles. The molecule has 3 rings (SSSR count). The molecule has 0 radical (unpaired) electrons. The third-order valence-corrected chi connectivity index (χ3v) is 3.32. The second-order valence-electron chi connectivity index (χ2n) is 4.10. The van der Waals surface area contributed by atoms with E-state index >= 15 is 0 Å². The number of imidazole rings is 1. The number of H-pyrrole nitrogens is 1. The Bertz CT molecular complexity index is 537. The van der Waals surface area contributed by atoms with Gasteiger partial charge in [0.1, 0.15) is 0 Å². The lowest BCUT2D eigenvalue weighted by molar-refractivity contribution is 0.695. The number of aromatic amines is 1. The highest BCUT2D eigenvalue weighted by Gasteiger charge is 2.35. The van der Waals surface area contributed by atoms with Crippen LogP contribution >= 0.6 is 12.2 Å². The Morgan fingerprint density at radius 1 is 1.43 bits per heavy atom.